The average molecular weight is 310 g/mol. The molecular formula is C17H18N4O2. The molecule has 1 saturated carbocycles. The third-order valence-corrected chi connectivity index (χ3v) is 3.49. The number of imidazole rings is 1. The summed E-state index contributed by atoms with van der Waals surface area (Å²) in [6.07, 6.45) is 10.5. The van der Waals surface area contributed by atoms with Gasteiger partial charge in [0.1, 0.15) is 0 Å². The molecule has 1 aromatic carbocycles. The molecule has 0 bridgehead atoms. The molecule has 1 fully saturated rings. The second-order valence-electron chi connectivity index (χ2n) is 5.45. The van der Waals surface area contributed by atoms with Crippen LogP contribution in [0, 0.1) is 0 Å². The molecule has 0 saturated heterocycles. The maximum absolute atomic E-state index is 11.7. The lowest BCUT2D eigenvalue weighted by atomic mass is 10.2. The molecule has 1 aliphatic rings. The van der Waals surface area contributed by atoms with Crippen LogP contribution in [0.1, 0.15) is 18.4 Å². The molecule has 3 rings (SSSR count). The number of nitrogens with zero attached hydrogens (tertiary/aromatic N) is 2. The molecule has 1 heterocycles. The van der Waals surface area contributed by atoms with E-state index in [0.717, 1.165) is 24.1 Å². The highest BCUT2D eigenvalue weighted by Crippen LogP contribution is 2.18. The number of aromatic nitrogens is 2. The summed E-state index contributed by atoms with van der Waals surface area (Å²) in [6, 6.07) is 8.03. The van der Waals surface area contributed by atoms with Gasteiger partial charge in [-0.15, -0.1) is 0 Å². The maximum Gasteiger partial charge on any atom is 0.244 e. The van der Waals surface area contributed by atoms with E-state index < -0.39 is 0 Å². The Morgan fingerprint density at radius 1 is 1.26 bits per heavy atom. The van der Waals surface area contributed by atoms with Crippen molar-refractivity contribution >= 4 is 17.9 Å². The van der Waals surface area contributed by atoms with Gasteiger partial charge in [0, 0.05) is 30.2 Å². The van der Waals surface area contributed by atoms with Gasteiger partial charge >= 0.3 is 0 Å². The first kappa shape index (κ1) is 15.0. The number of rotatable bonds is 6. The topological polar surface area (TPSA) is 76.0 Å². The maximum atomic E-state index is 11.7. The van der Waals surface area contributed by atoms with Gasteiger partial charge < -0.3 is 15.2 Å². The Kier molecular flexibility index (Phi) is 4.52. The highest BCUT2D eigenvalue weighted by atomic mass is 16.2. The zero-order valence-electron chi connectivity index (χ0n) is 12.6. The standard InChI is InChI=1S/C17H18N4O2/c22-16(19-11-17(23)20-14-4-5-14)8-3-13-1-6-15(7-2-13)21-10-9-18-12-21/h1-3,6-10,12,14H,4-5,11H2,(H,19,22)(H,20,23)/b8-3+. The van der Waals surface area contributed by atoms with E-state index in [1.54, 1.807) is 18.6 Å². The molecule has 2 aromatic rings. The number of amides is 2. The zero-order valence-corrected chi connectivity index (χ0v) is 12.6. The molecule has 0 atom stereocenters. The van der Waals surface area contributed by atoms with E-state index in [4.69, 9.17) is 0 Å². The van der Waals surface area contributed by atoms with Crippen LogP contribution in [0.5, 0.6) is 0 Å². The molecule has 0 radical (unpaired) electrons. The quantitative estimate of drug-likeness (QED) is 0.789. The minimum Gasteiger partial charge on any atom is -0.352 e. The number of carbonyl (C=O) groups is 2. The summed E-state index contributed by atoms with van der Waals surface area (Å²) in [6.45, 7) is 0.0131. The first-order valence-corrected chi connectivity index (χ1v) is 7.54. The lowest BCUT2D eigenvalue weighted by Gasteiger charge is -2.04. The van der Waals surface area contributed by atoms with Crippen molar-refractivity contribution in [1.82, 2.24) is 20.2 Å². The Morgan fingerprint density at radius 3 is 2.70 bits per heavy atom. The van der Waals surface area contributed by atoms with Crippen molar-refractivity contribution in [3.8, 4) is 5.69 Å². The first-order valence-electron chi connectivity index (χ1n) is 7.54. The van der Waals surface area contributed by atoms with Crippen molar-refractivity contribution < 1.29 is 9.59 Å². The highest BCUT2D eigenvalue weighted by Gasteiger charge is 2.22. The van der Waals surface area contributed by atoms with Gasteiger partial charge in [0.25, 0.3) is 0 Å². The Bertz CT molecular complexity index is 701. The molecule has 118 valence electrons. The van der Waals surface area contributed by atoms with Gasteiger partial charge in [0.2, 0.25) is 11.8 Å². The van der Waals surface area contributed by atoms with E-state index in [1.807, 2.05) is 35.0 Å². The molecule has 1 aromatic heterocycles. The van der Waals surface area contributed by atoms with Crippen LogP contribution >= 0.6 is 0 Å². The fourth-order valence-corrected chi connectivity index (χ4v) is 2.07. The van der Waals surface area contributed by atoms with E-state index in [0.29, 0.717) is 6.04 Å². The monoisotopic (exact) mass is 310 g/mol. The summed E-state index contributed by atoms with van der Waals surface area (Å²) in [5.74, 6) is -0.423. The second-order valence-corrected chi connectivity index (χ2v) is 5.45. The van der Waals surface area contributed by atoms with Crippen molar-refractivity contribution in [2.75, 3.05) is 6.54 Å². The summed E-state index contributed by atoms with van der Waals surface area (Å²) in [7, 11) is 0. The number of nitrogens with one attached hydrogen (secondary N) is 2. The normalized spacial score (nSPS) is 13.9. The van der Waals surface area contributed by atoms with Crippen molar-refractivity contribution in [3.05, 3.63) is 54.6 Å². The molecule has 6 nitrogen and oxygen atoms in total. The summed E-state index contributed by atoms with van der Waals surface area (Å²) in [5, 5.41) is 5.39. The lowest BCUT2D eigenvalue weighted by Crippen LogP contribution is -2.37. The summed E-state index contributed by atoms with van der Waals surface area (Å²) in [5.41, 5.74) is 1.91. The van der Waals surface area contributed by atoms with Crippen LogP contribution in [0.4, 0.5) is 0 Å². The lowest BCUT2D eigenvalue weighted by molar-refractivity contribution is -0.124. The van der Waals surface area contributed by atoms with Gasteiger partial charge in [-0.2, -0.15) is 0 Å². The van der Waals surface area contributed by atoms with Gasteiger partial charge in [-0.3, -0.25) is 9.59 Å². The van der Waals surface area contributed by atoms with Crippen molar-refractivity contribution in [2.45, 2.75) is 18.9 Å². The van der Waals surface area contributed by atoms with Gasteiger partial charge in [0.05, 0.1) is 12.9 Å². The number of hydrogen-bond donors (Lipinski definition) is 2. The van der Waals surface area contributed by atoms with Crippen LogP contribution in [0.3, 0.4) is 0 Å². The van der Waals surface area contributed by atoms with Crippen LogP contribution < -0.4 is 10.6 Å². The Balaban J connectivity index is 1.48. The summed E-state index contributed by atoms with van der Waals surface area (Å²) in [4.78, 5) is 27.2. The van der Waals surface area contributed by atoms with Crippen LogP contribution in [0.15, 0.2) is 49.1 Å². The van der Waals surface area contributed by atoms with E-state index >= 15 is 0 Å². The van der Waals surface area contributed by atoms with Crippen molar-refractivity contribution in [1.29, 1.82) is 0 Å². The van der Waals surface area contributed by atoms with Crippen molar-refractivity contribution in [3.63, 3.8) is 0 Å². The van der Waals surface area contributed by atoms with Gasteiger partial charge in [-0.25, -0.2) is 4.98 Å². The average Bonchev–Trinajstić information content (AvgIpc) is 3.20. The molecule has 0 spiro atoms. The van der Waals surface area contributed by atoms with Gasteiger partial charge in [-0.05, 0) is 36.6 Å². The van der Waals surface area contributed by atoms with E-state index in [2.05, 4.69) is 15.6 Å². The van der Waals surface area contributed by atoms with E-state index in [9.17, 15) is 9.59 Å². The Morgan fingerprint density at radius 2 is 2.04 bits per heavy atom. The highest BCUT2D eigenvalue weighted by molar-refractivity contribution is 5.94. The van der Waals surface area contributed by atoms with E-state index in [-0.39, 0.29) is 18.4 Å². The molecule has 1 aliphatic carbocycles. The minimum absolute atomic E-state index is 0.0131. The predicted octanol–water partition coefficient (Wildman–Crippen LogP) is 1.28. The third-order valence-electron chi connectivity index (χ3n) is 3.49. The molecule has 0 unspecified atom stereocenters. The minimum atomic E-state index is -0.283. The summed E-state index contributed by atoms with van der Waals surface area (Å²) >= 11 is 0. The largest absolute Gasteiger partial charge is 0.352 e. The van der Waals surface area contributed by atoms with Crippen LogP contribution in [0.25, 0.3) is 11.8 Å². The molecule has 6 heteroatoms. The SMILES string of the molecule is O=C(/C=C/c1ccc(-n2ccnc2)cc1)NCC(=O)NC1CC1. The van der Waals surface area contributed by atoms with Gasteiger partial charge in [0.15, 0.2) is 0 Å². The molecule has 2 N–H and O–H groups in total. The Hall–Kier alpha value is -2.89. The number of hydrogen-bond acceptors (Lipinski definition) is 3. The Labute approximate surface area is 134 Å². The first-order chi connectivity index (χ1) is 11.2. The third kappa shape index (κ3) is 4.54. The second kappa shape index (κ2) is 6.91. The summed E-state index contributed by atoms with van der Waals surface area (Å²) < 4.78 is 1.90. The van der Waals surface area contributed by atoms with Crippen LogP contribution in [-0.4, -0.2) is 34.0 Å². The van der Waals surface area contributed by atoms with Gasteiger partial charge in [-0.1, -0.05) is 12.1 Å². The zero-order chi connectivity index (χ0) is 16.1. The van der Waals surface area contributed by atoms with Crippen molar-refractivity contribution in [2.24, 2.45) is 0 Å². The number of carbonyl (C=O) groups excluding carboxylic acids is 2. The van der Waals surface area contributed by atoms with E-state index in [1.165, 1.54) is 6.08 Å². The number of benzene rings is 1. The van der Waals surface area contributed by atoms with Crippen LogP contribution in [0.2, 0.25) is 0 Å². The van der Waals surface area contributed by atoms with Crippen LogP contribution in [-0.2, 0) is 9.59 Å². The smallest absolute Gasteiger partial charge is 0.244 e. The predicted molar refractivity (Wildman–Crippen MR) is 86.8 cm³/mol. The molecule has 23 heavy (non-hydrogen) atoms. The fraction of sp³-hybridized carbons (Fsp3) is 0.235. The molecule has 2 amide bonds. The molecule has 0 aliphatic heterocycles. The molecular weight excluding hydrogens is 292 g/mol. The fourth-order valence-electron chi connectivity index (χ4n) is 2.07.